The second-order valence-electron chi connectivity index (χ2n) is 8.15. The highest BCUT2D eigenvalue weighted by Crippen LogP contribution is 2.38. The topological polar surface area (TPSA) is 114 Å². The number of amides is 5. The molecule has 1 aliphatic rings. The summed E-state index contributed by atoms with van der Waals surface area (Å²) >= 11 is 9.57. The zero-order chi connectivity index (χ0) is 27.4. The van der Waals surface area contributed by atoms with Gasteiger partial charge in [0.25, 0.3) is 17.7 Å². The van der Waals surface area contributed by atoms with Gasteiger partial charge in [-0.15, -0.1) is 0 Å². The summed E-state index contributed by atoms with van der Waals surface area (Å²) in [6, 6.07) is 15.9. The van der Waals surface area contributed by atoms with E-state index in [1.54, 1.807) is 24.3 Å². The first kappa shape index (κ1) is 26.9. The van der Waals surface area contributed by atoms with E-state index in [1.807, 2.05) is 25.1 Å². The van der Waals surface area contributed by atoms with Gasteiger partial charge in [0.15, 0.2) is 18.1 Å². The lowest BCUT2D eigenvalue weighted by Crippen LogP contribution is -2.54. The van der Waals surface area contributed by atoms with Gasteiger partial charge in [0.1, 0.15) is 5.57 Å². The van der Waals surface area contributed by atoms with Crippen LogP contribution >= 0.6 is 27.5 Å². The van der Waals surface area contributed by atoms with Gasteiger partial charge >= 0.3 is 6.03 Å². The molecule has 1 aliphatic heterocycles. The Labute approximate surface area is 231 Å². The van der Waals surface area contributed by atoms with Gasteiger partial charge in [0.05, 0.1) is 22.3 Å². The fraction of sp³-hybridized carbons (Fsp3) is 0.111. The molecule has 0 radical (unpaired) electrons. The summed E-state index contributed by atoms with van der Waals surface area (Å²) in [5.74, 6) is -1.57. The largest absolute Gasteiger partial charge is 0.493 e. The lowest BCUT2D eigenvalue weighted by atomic mass is 10.1. The second-order valence-corrected chi connectivity index (χ2v) is 9.41. The van der Waals surface area contributed by atoms with E-state index in [0.29, 0.717) is 15.7 Å². The van der Waals surface area contributed by atoms with Crippen LogP contribution in [0, 0.1) is 6.92 Å². The number of para-hydroxylation sites is 1. The van der Waals surface area contributed by atoms with Crippen molar-refractivity contribution in [3.8, 4) is 11.5 Å². The number of rotatable bonds is 7. The van der Waals surface area contributed by atoms with Crippen LogP contribution in [0.3, 0.4) is 0 Å². The fourth-order valence-electron chi connectivity index (χ4n) is 3.70. The van der Waals surface area contributed by atoms with Gasteiger partial charge in [0.2, 0.25) is 0 Å². The third-order valence-electron chi connectivity index (χ3n) is 5.41. The third-order valence-corrected chi connectivity index (χ3v) is 6.32. The molecule has 11 heteroatoms. The van der Waals surface area contributed by atoms with Gasteiger partial charge < -0.3 is 14.8 Å². The maximum Gasteiger partial charge on any atom is 0.335 e. The lowest BCUT2D eigenvalue weighted by Gasteiger charge is -2.27. The molecule has 9 nitrogen and oxygen atoms in total. The van der Waals surface area contributed by atoms with Crippen LogP contribution in [-0.4, -0.2) is 37.5 Å². The highest BCUT2D eigenvalue weighted by molar-refractivity contribution is 9.10. The summed E-state index contributed by atoms with van der Waals surface area (Å²) < 4.78 is 11.5. The number of carbonyl (C=O) groups excluding carboxylic acids is 4. The van der Waals surface area contributed by atoms with E-state index >= 15 is 0 Å². The number of barbiturate groups is 1. The Morgan fingerprint density at radius 1 is 1.11 bits per heavy atom. The molecular weight excluding hydrogens is 578 g/mol. The number of carbonyl (C=O) groups is 4. The monoisotopic (exact) mass is 597 g/mol. The quantitative estimate of drug-likeness (QED) is 0.289. The zero-order valence-corrected chi connectivity index (χ0v) is 22.6. The standard InChI is InChI=1S/C27H21BrClN3O6/c1-15-6-5-7-17(10-15)30-23(33)14-38-24-19(28)12-16(13-22(24)37-2)11-18-25(34)31-27(36)32(26(18)35)21-9-4-3-8-20(21)29/h3-13H,14H2,1-2H3,(H,30,33)(H,31,34,36)/b18-11+. The molecule has 2 N–H and O–H groups in total. The third kappa shape index (κ3) is 5.87. The molecule has 0 aliphatic carbocycles. The van der Waals surface area contributed by atoms with E-state index in [1.165, 1.54) is 31.4 Å². The van der Waals surface area contributed by atoms with Crippen LogP contribution in [0.4, 0.5) is 16.2 Å². The second kappa shape index (κ2) is 11.5. The minimum atomic E-state index is -0.906. The molecule has 0 atom stereocenters. The van der Waals surface area contributed by atoms with Crippen LogP contribution in [0.15, 0.2) is 70.7 Å². The van der Waals surface area contributed by atoms with Crippen LogP contribution in [-0.2, 0) is 14.4 Å². The van der Waals surface area contributed by atoms with E-state index in [9.17, 15) is 19.2 Å². The van der Waals surface area contributed by atoms with E-state index in [0.717, 1.165) is 10.5 Å². The van der Waals surface area contributed by atoms with Crippen LogP contribution in [0.5, 0.6) is 11.5 Å². The Kier molecular flexibility index (Phi) is 8.13. The van der Waals surface area contributed by atoms with Crippen LogP contribution in [0.1, 0.15) is 11.1 Å². The van der Waals surface area contributed by atoms with Crippen LogP contribution in [0.2, 0.25) is 5.02 Å². The Morgan fingerprint density at radius 3 is 2.58 bits per heavy atom. The first-order chi connectivity index (χ1) is 18.2. The molecule has 1 heterocycles. The molecule has 0 unspecified atom stereocenters. The number of halogens is 2. The van der Waals surface area contributed by atoms with Gasteiger partial charge in [-0.2, -0.15) is 0 Å². The maximum absolute atomic E-state index is 13.2. The average molecular weight is 599 g/mol. The van der Waals surface area contributed by atoms with Crippen molar-refractivity contribution >= 4 is 68.7 Å². The number of imide groups is 2. The highest BCUT2D eigenvalue weighted by Gasteiger charge is 2.37. The van der Waals surface area contributed by atoms with Crippen molar-refractivity contribution in [1.82, 2.24) is 5.32 Å². The molecule has 5 amide bonds. The smallest absolute Gasteiger partial charge is 0.335 e. The molecule has 3 aromatic rings. The van der Waals surface area contributed by atoms with Crippen molar-refractivity contribution in [2.75, 3.05) is 23.9 Å². The highest BCUT2D eigenvalue weighted by atomic mass is 79.9. The Balaban J connectivity index is 1.57. The molecule has 1 fully saturated rings. The first-order valence-electron chi connectivity index (χ1n) is 11.2. The predicted molar refractivity (Wildman–Crippen MR) is 146 cm³/mol. The lowest BCUT2D eigenvalue weighted by molar-refractivity contribution is -0.122. The van der Waals surface area contributed by atoms with Gasteiger partial charge in [-0.05, 0) is 76.5 Å². The molecule has 0 bridgehead atoms. The van der Waals surface area contributed by atoms with Gasteiger partial charge in [-0.25, -0.2) is 9.69 Å². The van der Waals surface area contributed by atoms with E-state index in [4.69, 9.17) is 21.1 Å². The van der Waals surface area contributed by atoms with E-state index in [-0.39, 0.29) is 40.3 Å². The molecule has 0 saturated carbocycles. The summed E-state index contributed by atoms with van der Waals surface area (Å²) in [6.45, 7) is 1.63. The van der Waals surface area contributed by atoms with Crippen molar-refractivity contribution in [3.63, 3.8) is 0 Å². The Bertz CT molecular complexity index is 1490. The minimum Gasteiger partial charge on any atom is -0.493 e. The molecule has 194 valence electrons. The Hall–Kier alpha value is -4.15. The number of hydrogen-bond donors (Lipinski definition) is 2. The summed E-state index contributed by atoms with van der Waals surface area (Å²) in [5, 5.41) is 5.08. The Morgan fingerprint density at radius 2 is 1.87 bits per heavy atom. The number of ether oxygens (including phenoxy) is 2. The molecular formula is C27H21BrClN3O6. The van der Waals surface area contributed by atoms with Crippen molar-refractivity contribution in [2.45, 2.75) is 6.92 Å². The maximum atomic E-state index is 13.2. The summed E-state index contributed by atoms with van der Waals surface area (Å²) in [6.07, 6.45) is 1.31. The SMILES string of the molecule is COc1cc(/C=C2\C(=O)NC(=O)N(c3ccccc3Cl)C2=O)cc(Br)c1OCC(=O)Nc1cccc(C)c1. The molecule has 1 saturated heterocycles. The number of anilines is 2. The number of benzene rings is 3. The number of aryl methyl sites for hydroxylation is 1. The van der Waals surface area contributed by atoms with Gasteiger partial charge in [0, 0.05) is 5.69 Å². The first-order valence-corrected chi connectivity index (χ1v) is 12.4. The molecule has 3 aromatic carbocycles. The van der Waals surface area contributed by atoms with Crippen LogP contribution < -0.4 is 25.0 Å². The summed E-state index contributed by atoms with van der Waals surface area (Å²) in [5.41, 5.74) is 1.90. The fourth-order valence-corrected chi connectivity index (χ4v) is 4.49. The van der Waals surface area contributed by atoms with E-state index < -0.39 is 17.8 Å². The summed E-state index contributed by atoms with van der Waals surface area (Å²) in [7, 11) is 1.41. The van der Waals surface area contributed by atoms with Crippen molar-refractivity contribution in [3.05, 3.63) is 86.9 Å². The number of urea groups is 1. The zero-order valence-electron chi connectivity index (χ0n) is 20.2. The number of methoxy groups -OCH3 is 1. The van der Waals surface area contributed by atoms with Crippen molar-refractivity contribution in [2.24, 2.45) is 0 Å². The van der Waals surface area contributed by atoms with Gasteiger partial charge in [-0.1, -0.05) is 35.9 Å². The van der Waals surface area contributed by atoms with E-state index in [2.05, 4.69) is 26.6 Å². The molecule has 4 rings (SSSR count). The normalized spacial score (nSPS) is 14.4. The van der Waals surface area contributed by atoms with Crippen molar-refractivity contribution in [1.29, 1.82) is 0 Å². The number of nitrogens with zero attached hydrogens (tertiary/aromatic N) is 1. The van der Waals surface area contributed by atoms with Gasteiger partial charge in [-0.3, -0.25) is 19.7 Å². The molecule has 0 spiro atoms. The molecule has 0 aromatic heterocycles. The number of nitrogens with one attached hydrogen (secondary N) is 2. The number of hydrogen-bond acceptors (Lipinski definition) is 6. The predicted octanol–water partition coefficient (Wildman–Crippen LogP) is 5.10. The summed E-state index contributed by atoms with van der Waals surface area (Å²) in [4.78, 5) is 51.3. The average Bonchev–Trinajstić information content (AvgIpc) is 2.86. The molecule has 38 heavy (non-hydrogen) atoms. The minimum absolute atomic E-state index is 0.140. The van der Waals surface area contributed by atoms with Crippen molar-refractivity contribution < 1.29 is 28.7 Å². The van der Waals surface area contributed by atoms with Crippen LogP contribution in [0.25, 0.3) is 6.08 Å².